The molecule has 1 aromatic rings. The SMILES string of the molecule is CC(C)(C)NC(=O)CO/N=C/c1cccs1. The van der Waals surface area contributed by atoms with Crippen LogP contribution in [-0.4, -0.2) is 24.3 Å². The molecule has 1 heterocycles. The van der Waals surface area contributed by atoms with Gasteiger partial charge in [-0.2, -0.15) is 0 Å². The first-order valence-electron chi connectivity index (χ1n) is 4.97. The van der Waals surface area contributed by atoms with Crippen molar-refractivity contribution in [1.29, 1.82) is 0 Å². The molecule has 0 aliphatic rings. The van der Waals surface area contributed by atoms with E-state index in [0.29, 0.717) is 0 Å². The number of hydrogen-bond acceptors (Lipinski definition) is 4. The van der Waals surface area contributed by atoms with Gasteiger partial charge in [0.1, 0.15) is 0 Å². The summed E-state index contributed by atoms with van der Waals surface area (Å²) in [7, 11) is 0. The zero-order valence-corrected chi connectivity index (χ0v) is 10.5. The fourth-order valence-corrected chi connectivity index (χ4v) is 1.58. The Labute approximate surface area is 99.3 Å². The van der Waals surface area contributed by atoms with Gasteiger partial charge in [-0.1, -0.05) is 11.2 Å². The summed E-state index contributed by atoms with van der Waals surface area (Å²) in [6.07, 6.45) is 1.59. The molecule has 1 N–H and O–H groups in total. The van der Waals surface area contributed by atoms with Gasteiger partial charge in [-0.3, -0.25) is 4.79 Å². The highest BCUT2D eigenvalue weighted by molar-refractivity contribution is 7.11. The summed E-state index contributed by atoms with van der Waals surface area (Å²) in [6.45, 7) is 5.69. The normalized spacial score (nSPS) is 11.7. The zero-order valence-electron chi connectivity index (χ0n) is 9.69. The Morgan fingerprint density at radius 3 is 2.94 bits per heavy atom. The standard InChI is InChI=1S/C11H16N2O2S/c1-11(2,3)13-10(14)8-15-12-7-9-5-4-6-16-9/h4-7H,8H2,1-3H3,(H,13,14)/b12-7+. The molecule has 0 aliphatic heterocycles. The highest BCUT2D eigenvalue weighted by atomic mass is 32.1. The quantitative estimate of drug-likeness (QED) is 0.646. The monoisotopic (exact) mass is 240 g/mol. The molecule has 0 fully saturated rings. The van der Waals surface area contributed by atoms with Crippen molar-refractivity contribution in [1.82, 2.24) is 5.32 Å². The Morgan fingerprint density at radius 2 is 2.38 bits per heavy atom. The molecule has 1 rings (SSSR count). The predicted molar refractivity (Wildman–Crippen MR) is 65.8 cm³/mol. The molecular formula is C11H16N2O2S. The second-order valence-corrected chi connectivity index (χ2v) is 5.30. The van der Waals surface area contributed by atoms with Crippen molar-refractivity contribution in [2.45, 2.75) is 26.3 Å². The van der Waals surface area contributed by atoms with E-state index in [1.165, 1.54) is 0 Å². The van der Waals surface area contributed by atoms with Gasteiger partial charge in [0.05, 0.1) is 6.21 Å². The first-order valence-corrected chi connectivity index (χ1v) is 5.85. The molecule has 0 atom stereocenters. The van der Waals surface area contributed by atoms with E-state index in [-0.39, 0.29) is 18.1 Å². The van der Waals surface area contributed by atoms with Crippen LogP contribution in [0.2, 0.25) is 0 Å². The molecular weight excluding hydrogens is 224 g/mol. The zero-order chi connectivity index (χ0) is 12.0. The van der Waals surface area contributed by atoms with Gasteiger partial charge in [0.25, 0.3) is 5.91 Å². The minimum Gasteiger partial charge on any atom is -0.386 e. The largest absolute Gasteiger partial charge is 0.386 e. The summed E-state index contributed by atoms with van der Waals surface area (Å²) in [4.78, 5) is 17.2. The Balaban J connectivity index is 2.23. The summed E-state index contributed by atoms with van der Waals surface area (Å²) in [5.41, 5.74) is -0.238. The molecule has 16 heavy (non-hydrogen) atoms. The molecule has 1 aromatic heterocycles. The van der Waals surface area contributed by atoms with Crippen LogP contribution < -0.4 is 5.32 Å². The van der Waals surface area contributed by atoms with Gasteiger partial charge in [0.2, 0.25) is 0 Å². The average Bonchev–Trinajstić information content (AvgIpc) is 2.62. The molecule has 0 radical (unpaired) electrons. The Kier molecular flexibility index (Phi) is 4.49. The lowest BCUT2D eigenvalue weighted by molar-refractivity contribution is -0.127. The van der Waals surface area contributed by atoms with Crippen molar-refractivity contribution in [3.05, 3.63) is 22.4 Å². The van der Waals surface area contributed by atoms with Crippen molar-refractivity contribution in [3.63, 3.8) is 0 Å². The Bertz CT molecular complexity index is 353. The second kappa shape index (κ2) is 5.65. The summed E-state index contributed by atoms with van der Waals surface area (Å²) < 4.78 is 0. The van der Waals surface area contributed by atoms with Gasteiger partial charge < -0.3 is 10.2 Å². The van der Waals surface area contributed by atoms with E-state index in [9.17, 15) is 4.79 Å². The number of nitrogens with one attached hydrogen (secondary N) is 1. The minimum absolute atomic E-state index is 0.0564. The fraction of sp³-hybridized carbons (Fsp3) is 0.455. The van der Waals surface area contributed by atoms with E-state index in [2.05, 4.69) is 10.5 Å². The van der Waals surface area contributed by atoms with E-state index < -0.39 is 0 Å². The second-order valence-electron chi connectivity index (χ2n) is 4.32. The van der Waals surface area contributed by atoms with Crippen LogP contribution in [0, 0.1) is 0 Å². The smallest absolute Gasteiger partial charge is 0.261 e. The maximum absolute atomic E-state index is 11.3. The summed E-state index contributed by atoms with van der Waals surface area (Å²) in [5.74, 6) is -0.171. The van der Waals surface area contributed by atoms with E-state index in [1.54, 1.807) is 17.6 Å². The number of carbonyl (C=O) groups excluding carboxylic acids is 1. The molecule has 0 spiro atoms. The van der Waals surface area contributed by atoms with E-state index in [0.717, 1.165) is 4.88 Å². The van der Waals surface area contributed by atoms with Crippen LogP contribution in [0.15, 0.2) is 22.7 Å². The Morgan fingerprint density at radius 1 is 1.62 bits per heavy atom. The van der Waals surface area contributed by atoms with Gasteiger partial charge in [-0.15, -0.1) is 11.3 Å². The van der Waals surface area contributed by atoms with Crippen molar-refractivity contribution in [2.24, 2.45) is 5.16 Å². The average molecular weight is 240 g/mol. The number of oxime groups is 1. The minimum atomic E-state index is -0.238. The predicted octanol–water partition coefficient (Wildman–Crippen LogP) is 2.01. The maximum Gasteiger partial charge on any atom is 0.261 e. The lowest BCUT2D eigenvalue weighted by Gasteiger charge is -2.19. The van der Waals surface area contributed by atoms with Gasteiger partial charge in [-0.05, 0) is 32.2 Å². The van der Waals surface area contributed by atoms with E-state index in [4.69, 9.17) is 4.84 Å². The lowest BCUT2D eigenvalue weighted by Crippen LogP contribution is -2.42. The van der Waals surface area contributed by atoms with Crippen LogP contribution in [0.25, 0.3) is 0 Å². The molecule has 1 amide bonds. The third-order valence-electron chi connectivity index (χ3n) is 1.51. The number of rotatable bonds is 4. The third-order valence-corrected chi connectivity index (χ3v) is 2.31. The molecule has 88 valence electrons. The molecule has 0 unspecified atom stereocenters. The molecule has 0 bridgehead atoms. The highest BCUT2D eigenvalue weighted by Crippen LogP contribution is 2.04. The number of nitrogens with zero attached hydrogens (tertiary/aromatic N) is 1. The van der Waals surface area contributed by atoms with Gasteiger partial charge in [-0.25, -0.2) is 0 Å². The number of hydrogen-bond donors (Lipinski definition) is 1. The maximum atomic E-state index is 11.3. The van der Waals surface area contributed by atoms with Crippen LogP contribution in [0.5, 0.6) is 0 Å². The summed E-state index contributed by atoms with van der Waals surface area (Å²) >= 11 is 1.56. The summed E-state index contributed by atoms with van der Waals surface area (Å²) in [5, 5.41) is 8.44. The van der Waals surface area contributed by atoms with Crippen molar-refractivity contribution in [2.75, 3.05) is 6.61 Å². The number of thiophene rings is 1. The fourth-order valence-electron chi connectivity index (χ4n) is 1.00. The molecule has 5 heteroatoms. The topological polar surface area (TPSA) is 50.7 Å². The molecule has 4 nitrogen and oxygen atoms in total. The van der Waals surface area contributed by atoms with Crippen LogP contribution in [0.3, 0.4) is 0 Å². The first kappa shape index (κ1) is 12.7. The van der Waals surface area contributed by atoms with Crippen LogP contribution in [0.4, 0.5) is 0 Å². The van der Waals surface area contributed by atoms with Gasteiger partial charge in [0.15, 0.2) is 6.61 Å². The highest BCUT2D eigenvalue weighted by Gasteiger charge is 2.13. The van der Waals surface area contributed by atoms with E-state index in [1.807, 2.05) is 38.3 Å². The van der Waals surface area contributed by atoms with Crippen molar-refractivity contribution < 1.29 is 9.63 Å². The van der Waals surface area contributed by atoms with Crippen molar-refractivity contribution in [3.8, 4) is 0 Å². The van der Waals surface area contributed by atoms with Crippen LogP contribution in [-0.2, 0) is 9.63 Å². The molecule has 0 saturated heterocycles. The van der Waals surface area contributed by atoms with Gasteiger partial charge >= 0.3 is 0 Å². The Hall–Kier alpha value is -1.36. The van der Waals surface area contributed by atoms with Crippen LogP contribution in [0.1, 0.15) is 25.6 Å². The van der Waals surface area contributed by atoms with E-state index >= 15 is 0 Å². The number of amides is 1. The lowest BCUT2D eigenvalue weighted by atomic mass is 10.1. The van der Waals surface area contributed by atoms with Crippen LogP contribution >= 0.6 is 11.3 Å². The summed E-state index contributed by atoms with van der Waals surface area (Å²) in [6, 6.07) is 3.85. The third kappa shape index (κ3) is 5.50. The van der Waals surface area contributed by atoms with Gasteiger partial charge in [0, 0.05) is 10.4 Å². The van der Waals surface area contributed by atoms with Crippen molar-refractivity contribution >= 4 is 23.5 Å². The molecule has 0 saturated carbocycles. The number of carbonyl (C=O) groups is 1. The molecule has 0 aromatic carbocycles. The first-order chi connectivity index (χ1) is 7.47. The molecule has 0 aliphatic carbocycles.